The lowest BCUT2D eigenvalue weighted by Crippen LogP contribution is -2.07. The molecule has 1 aliphatic rings. The minimum absolute atomic E-state index is 0.385. The van der Waals surface area contributed by atoms with Gasteiger partial charge in [0.2, 0.25) is 0 Å². The van der Waals surface area contributed by atoms with Crippen LogP contribution in [0.4, 0.5) is 0 Å². The van der Waals surface area contributed by atoms with Crippen LogP contribution in [0.25, 0.3) is 0 Å². The van der Waals surface area contributed by atoms with Gasteiger partial charge in [-0.1, -0.05) is 5.57 Å². The maximum atomic E-state index is 11.0. The Balaban J connectivity index is 2.49. The normalized spacial score (nSPS) is 19.2. The molecule has 1 atom stereocenters. The molecule has 1 aromatic carbocycles. The Labute approximate surface area is 106 Å². The number of carbonyl (C=O) groups is 1. The minimum Gasteiger partial charge on any atom is -0.478 e. The third-order valence-electron chi connectivity index (χ3n) is 3.27. The van der Waals surface area contributed by atoms with Crippen LogP contribution in [0, 0.1) is 13.8 Å². The first-order valence-electron chi connectivity index (χ1n) is 5.63. The van der Waals surface area contributed by atoms with Crippen molar-refractivity contribution in [3.63, 3.8) is 0 Å². The molecule has 0 radical (unpaired) electrons. The van der Waals surface area contributed by atoms with Crippen LogP contribution in [0.2, 0.25) is 0 Å². The highest BCUT2D eigenvalue weighted by atomic mass is 32.2. The van der Waals surface area contributed by atoms with Crippen molar-refractivity contribution in [3.8, 4) is 0 Å². The number of aryl methyl sites for hydroxylation is 2. The van der Waals surface area contributed by atoms with E-state index in [0.29, 0.717) is 11.5 Å². The van der Waals surface area contributed by atoms with Gasteiger partial charge in [0.05, 0.1) is 5.56 Å². The molecule has 0 saturated heterocycles. The molecule has 0 spiro atoms. The van der Waals surface area contributed by atoms with Gasteiger partial charge >= 0.3 is 5.97 Å². The number of thioether (sulfide) groups is 1. The smallest absolute Gasteiger partial charge is 0.335 e. The van der Waals surface area contributed by atoms with E-state index in [0.717, 1.165) is 16.9 Å². The van der Waals surface area contributed by atoms with E-state index in [1.54, 1.807) is 12.1 Å². The number of hydrogen-bond acceptors (Lipinski definition) is 2. The van der Waals surface area contributed by atoms with Crippen molar-refractivity contribution in [3.05, 3.63) is 45.4 Å². The van der Waals surface area contributed by atoms with Crippen LogP contribution >= 0.6 is 11.8 Å². The molecule has 2 rings (SSSR count). The molecule has 2 nitrogen and oxygen atoms in total. The molecule has 1 heterocycles. The minimum atomic E-state index is -0.851. The number of hydrogen-bond donors (Lipinski definition) is 1. The standard InChI is InChI=1S/C14H16O2S/c1-8-4-11(14(15)16)5-9(2)13(8)12-7-17-6-10(12)3/h4-6,12H,7H2,1-3H3,(H,15,16). The highest BCUT2D eigenvalue weighted by molar-refractivity contribution is 8.02. The fourth-order valence-corrected chi connectivity index (χ4v) is 3.59. The number of rotatable bonds is 2. The molecule has 90 valence electrons. The average Bonchev–Trinajstić information content (AvgIpc) is 2.64. The van der Waals surface area contributed by atoms with Crippen LogP contribution in [0.1, 0.15) is 39.9 Å². The van der Waals surface area contributed by atoms with Crippen LogP contribution in [0.5, 0.6) is 0 Å². The lowest BCUT2D eigenvalue weighted by atomic mass is 9.87. The van der Waals surface area contributed by atoms with E-state index >= 15 is 0 Å². The molecule has 0 aliphatic carbocycles. The second kappa shape index (κ2) is 4.57. The summed E-state index contributed by atoms with van der Waals surface area (Å²) in [7, 11) is 0. The van der Waals surface area contributed by atoms with Crippen LogP contribution in [0.15, 0.2) is 23.1 Å². The van der Waals surface area contributed by atoms with E-state index in [1.165, 1.54) is 11.1 Å². The summed E-state index contributed by atoms with van der Waals surface area (Å²) >= 11 is 1.83. The molecular formula is C14H16O2S. The summed E-state index contributed by atoms with van der Waals surface area (Å²) in [5.74, 6) is 0.665. The van der Waals surface area contributed by atoms with Gasteiger partial charge in [-0.3, -0.25) is 0 Å². The molecule has 3 heteroatoms. The SMILES string of the molecule is CC1=CSCC1c1c(C)cc(C(=O)O)cc1C. The Morgan fingerprint density at radius 1 is 1.29 bits per heavy atom. The molecule has 0 saturated carbocycles. The lowest BCUT2D eigenvalue weighted by Gasteiger charge is -2.18. The Morgan fingerprint density at radius 2 is 1.88 bits per heavy atom. The van der Waals surface area contributed by atoms with Gasteiger partial charge in [0.25, 0.3) is 0 Å². The van der Waals surface area contributed by atoms with E-state index in [1.807, 2.05) is 25.6 Å². The van der Waals surface area contributed by atoms with Gasteiger partial charge in [-0.2, -0.15) is 0 Å². The van der Waals surface area contributed by atoms with Crippen molar-refractivity contribution in [2.24, 2.45) is 0 Å². The molecule has 0 fully saturated rings. The summed E-state index contributed by atoms with van der Waals surface area (Å²) < 4.78 is 0. The van der Waals surface area contributed by atoms with E-state index in [-0.39, 0.29) is 0 Å². The summed E-state index contributed by atoms with van der Waals surface area (Å²) in [4.78, 5) is 11.0. The molecule has 0 amide bonds. The van der Waals surface area contributed by atoms with Gasteiger partial charge in [-0.05, 0) is 55.0 Å². The topological polar surface area (TPSA) is 37.3 Å². The summed E-state index contributed by atoms with van der Waals surface area (Å²) in [5.41, 5.74) is 5.24. The van der Waals surface area contributed by atoms with Gasteiger partial charge in [-0.15, -0.1) is 11.8 Å². The van der Waals surface area contributed by atoms with Crippen molar-refractivity contribution in [1.29, 1.82) is 0 Å². The molecule has 1 N–H and O–H groups in total. The van der Waals surface area contributed by atoms with E-state index in [4.69, 9.17) is 5.11 Å². The molecular weight excluding hydrogens is 232 g/mol. The summed E-state index contributed by atoms with van der Waals surface area (Å²) in [5, 5.41) is 11.2. The monoisotopic (exact) mass is 248 g/mol. The molecule has 1 unspecified atom stereocenters. The molecule has 1 aromatic rings. The first-order chi connectivity index (χ1) is 8.00. The molecule has 17 heavy (non-hydrogen) atoms. The van der Waals surface area contributed by atoms with E-state index in [9.17, 15) is 4.79 Å². The van der Waals surface area contributed by atoms with Gasteiger partial charge in [0.1, 0.15) is 0 Å². The zero-order valence-corrected chi connectivity index (χ0v) is 11.1. The Morgan fingerprint density at radius 3 is 2.29 bits per heavy atom. The average molecular weight is 248 g/mol. The molecule has 0 aromatic heterocycles. The van der Waals surface area contributed by atoms with Gasteiger partial charge in [0.15, 0.2) is 0 Å². The van der Waals surface area contributed by atoms with Crippen molar-refractivity contribution >= 4 is 17.7 Å². The predicted molar refractivity (Wildman–Crippen MR) is 71.8 cm³/mol. The number of benzene rings is 1. The number of carboxylic acid groups (broad SMARTS) is 1. The second-order valence-corrected chi connectivity index (χ2v) is 5.48. The van der Waals surface area contributed by atoms with Crippen LogP contribution in [-0.2, 0) is 0 Å². The fourth-order valence-electron chi connectivity index (χ4n) is 2.45. The first kappa shape index (κ1) is 12.2. The van der Waals surface area contributed by atoms with Gasteiger partial charge < -0.3 is 5.11 Å². The van der Waals surface area contributed by atoms with Crippen molar-refractivity contribution < 1.29 is 9.90 Å². The Hall–Kier alpha value is -1.22. The highest BCUT2D eigenvalue weighted by Crippen LogP contribution is 2.39. The number of aromatic carboxylic acids is 1. The summed E-state index contributed by atoms with van der Waals surface area (Å²) in [6, 6.07) is 3.56. The van der Waals surface area contributed by atoms with Gasteiger partial charge in [-0.25, -0.2) is 4.79 Å². The quantitative estimate of drug-likeness (QED) is 0.866. The van der Waals surface area contributed by atoms with E-state index < -0.39 is 5.97 Å². The zero-order chi connectivity index (χ0) is 12.6. The number of carboxylic acids is 1. The largest absolute Gasteiger partial charge is 0.478 e. The van der Waals surface area contributed by atoms with Crippen LogP contribution in [-0.4, -0.2) is 16.8 Å². The van der Waals surface area contributed by atoms with Crippen molar-refractivity contribution in [2.45, 2.75) is 26.7 Å². The van der Waals surface area contributed by atoms with Crippen molar-refractivity contribution in [2.75, 3.05) is 5.75 Å². The van der Waals surface area contributed by atoms with Crippen LogP contribution in [0.3, 0.4) is 0 Å². The summed E-state index contributed by atoms with van der Waals surface area (Å²) in [6.07, 6.45) is 0. The molecule has 1 aliphatic heterocycles. The molecule has 0 bridgehead atoms. The summed E-state index contributed by atoms with van der Waals surface area (Å²) in [6.45, 7) is 6.16. The Kier molecular flexibility index (Phi) is 3.29. The third kappa shape index (κ3) is 2.25. The zero-order valence-electron chi connectivity index (χ0n) is 10.3. The Bertz CT molecular complexity index is 480. The maximum absolute atomic E-state index is 11.0. The lowest BCUT2D eigenvalue weighted by molar-refractivity contribution is 0.0696. The van der Waals surface area contributed by atoms with E-state index in [2.05, 4.69) is 12.3 Å². The number of allylic oxidation sites excluding steroid dienone is 1. The van der Waals surface area contributed by atoms with Crippen LogP contribution < -0.4 is 0 Å². The first-order valence-corrected chi connectivity index (χ1v) is 6.68. The predicted octanol–water partition coefficient (Wildman–Crippen LogP) is 3.74. The maximum Gasteiger partial charge on any atom is 0.335 e. The fraction of sp³-hybridized carbons (Fsp3) is 0.357. The second-order valence-electron chi connectivity index (χ2n) is 4.58. The third-order valence-corrected chi connectivity index (χ3v) is 4.34. The highest BCUT2D eigenvalue weighted by Gasteiger charge is 2.22. The van der Waals surface area contributed by atoms with Gasteiger partial charge in [0, 0.05) is 11.7 Å². The van der Waals surface area contributed by atoms with Crippen molar-refractivity contribution in [1.82, 2.24) is 0 Å².